The lowest BCUT2D eigenvalue weighted by atomic mass is 9.78. The first-order valence-electron chi connectivity index (χ1n) is 10.7. The largest absolute Gasteiger partial charge is 0.389 e. The minimum absolute atomic E-state index is 0.0693. The first kappa shape index (κ1) is 23.4. The number of piperidine rings is 1. The summed E-state index contributed by atoms with van der Waals surface area (Å²) in [6, 6.07) is 9.57. The number of hydrogen-bond donors (Lipinski definition) is 3. The molecule has 2 atom stereocenters. The van der Waals surface area contributed by atoms with Crippen LogP contribution >= 0.6 is 11.3 Å². The van der Waals surface area contributed by atoms with Crippen LogP contribution in [0.4, 0.5) is 5.13 Å². The number of carbonyl (C=O) groups excluding carboxylic acids is 2. The van der Waals surface area contributed by atoms with Gasteiger partial charge in [0.15, 0.2) is 5.13 Å². The Bertz CT molecular complexity index is 909. The average molecular weight is 445 g/mol. The van der Waals surface area contributed by atoms with Gasteiger partial charge in [0.25, 0.3) is 0 Å². The highest BCUT2D eigenvalue weighted by Crippen LogP contribution is 2.33. The van der Waals surface area contributed by atoms with Crippen molar-refractivity contribution in [1.82, 2.24) is 15.2 Å². The van der Waals surface area contributed by atoms with E-state index in [9.17, 15) is 14.7 Å². The summed E-state index contributed by atoms with van der Waals surface area (Å²) in [4.78, 5) is 31.2. The van der Waals surface area contributed by atoms with E-state index in [0.717, 1.165) is 11.3 Å². The normalized spacial score (nSPS) is 22.2. The number of aromatic nitrogens is 1. The predicted octanol–water partition coefficient (Wildman–Crippen LogP) is 2.87. The molecule has 2 amide bonds. The molecule has 31 heavy (non-hydrogen) atoms. The lowest BCUT2D eigenvalue weighted by molar-refractivity contribution is -0.128. The molecular weight excluding hydrogens is 412 g/mol. The van der Waals surface area contributed by atoms with Gasteiger partial charge < -0.3 is 15.7 Å². The maximum absolute atomic E-state index is 12.6. The van der Waals surface area contributed by atoms with Crippen molar-refractivity contribution in [3.63, 3.8) is 0 Å². The van der Waals surface area contributed by atoms with Gasteiger partial charge in [-0.3, -0.25) is 14.5 Å². The molecule has 168 valence electrons. The number of β-amino-alcohol motifs (C(OH)–C–C–N with tert-alkyl or cyclic N) is 1. The first-order chi connectivity index (χ1) is 14.6. The van der Waals surface area contributed by atoms with Crippen molar-refractivity contribution in [3.05, 3.63) is 47.0 Å². The highest BCUT2D eigenvalue weighted by molar-refractivity contribution is 7.13. The molecule has 3 rings (SSSR count). The summed E-state index contributed by atoms with van der Waals surface area (Å²) < 4.78 is 0. The molecule has 7 nitrogen and oxygen atoms in total. The molecule has 1 aliphatic heterocycles. The van der Waals surface area contributed by atoms with Crippen molar-refractivity contribution in [3.8, 4) is 0 Å². The summed E-state index contributed by atoms with van der Waals surface area (Å²) in [5.74, 6) is -0.265. The Kier molecular flexibility index (Phi) is 7.13. The summed E-state index contributed by atoms with van der Waals surface area (Å²) in [6.07, 6.45) is 0.0275. The van der Waals surface area contributed by atoms with Crippen LogP contribution in [-0.2, 0) is 20.5 Å². The van der Waals surface area contributed by atoms with Gasteiger partial charge in [0.05, 0.1) is 23.9 Å². The topological polar surface area (TPSA) is 94.6 Å². The van der Waals surface area contributed by atoms with E-state index in [4.69, 9.17) is 0 Å². The second kappa shape index (κ2) is 9.46. The smallest absolute Gasteiger partial charge is 0.240 e. The number of likely N-dealkylation sites (tertiary alicyclic amines) is 1. The standard InChI is InChI=1S/C23H32N4O3S/c1-5-19(29)26-23(16-9-7-6-8-10-16)11-12-27(13-18(23)28)14-20(30)25-21-24-17(15-31-21)22(2,3)4/h6-10,15,18,28H,5,11-14H2,1-4H3,(H,26,29)(H,24,25,30)/t18-,23-/m1/s1. The second-order valence-electron chi connectivity index (χ2n) is 9.08. The Labute approximate surface area is 187 Å². The van der Waals surface area contributed by atoms with E-state index < -0.39 is 11.6 Å². The summed E-state index contributed by atoms with van der Waals surface area (Å²) in [5.41, 5.74) is 0.907. The van der Waals surface area contributed by atoms with E-state index in [2.05, 4.69) is 36.4 Å². The fourth-order valence-corrected chi connectivity index (χ4v) is 4.75. The van der Waals surface area contributed by atoms with Gasteiger partial charge in [-0.1, -0.05) is 58.0 Å². The van der Waals surface area contributed by atoms with Crippen molar-refractivity contribution in [1.29, 1.82) is 0 Å². The summed E-state index contributed by atoms with van der Waals surface area (Å²) in [5, 5.41) is 19.6. The first-order valence-corrected chi connectivity index (χ1v) is 11.5. The van der Waals surface area contributed by atoms with Gasteiger partial charge >= 0.3 is 0 Å². The van der Waals surface area contributed by atoms with Crippen molar-refractivity contribution >= 4 is 28.3 Å². The Morgan fingerprint density at radius 2 is 1.97 bits per heavy atom. The highest BCUT2D eigenvalue weighted by atomic mass is 32.1. The van der Waals surface area contributed by atoms with Crippen LogP contribution in [0.3, 0.4) is 0 Å². The van der Waals surface area contributed by atoms with Gasteiger partial charge in [-0.05, 0) is 12.0 Å². The molecule has 0 bridgehead atoms. The molecule has 1 aliphatic rings. The number of benzene rings is 1. The molecule has 8 heteroatoms. The third-order valence-electron chi connectivity index (χ3n) is 5.68. The summed E-state index contributed by atoms with van der Waals surface area (Å²) in [6.45, 7) is 9.07. The van der Waals surface area contributed by atoms with Crippen molar-refractivity contribution in [2.75, 3.05) is 25.0 Å². The number of rotatable bonds is 6. The van der Waals surface area contributed by atoms with Crippen molar-refractivity contribution < 1.29 is 14.7 Å². The van der Waals surface area contributed by atoms with Gasteiger partial charge in [0.2, 0.25) is 11.8 Å². The maximum atomic E-state index is 12.6. The number of thiazole rings is 1. The zero-order chi connectivity index (χ0) is 22.6. The van der Waals surface area contributed by atoms with Gasteiger partial charge in [-0.2, -0.15) is 0 Å². The van der Waals surface area contributed by atoms with Crippen LogP contribution < -0.4 is 10.6 Å². The van der Waals surface area contributed by atoms with Crippen LogP contribution in [0.5, 0.6) is 0 Å². The molecule has 0 spiro atoms. The number of aliphatic hydroxyl groups excluding tert-OH is 1. The van der Waals surface area contributed by atoms with E-state index in [1.165, 1.54) is 11.3 Å². The molecule has 1 fully saturated rings. The lowest BCUT2D eigenvalue weighted by Gasteiger charge is -2.46. The fourth-order valence-electron chi connectivity index (χ4n) is 3.80. The van der Waals surface area contributed by atoms with E-state index in [1.54, 1.807) is 6.92 Å². The summed E-state index contributed by atoms with van der Waals surface area (Å²) >= 11 is 1.42. The van der Waals surface area contributed by atoms with E-state index >= 15 is 0 Å². The molecule has 1 saturated heterocycles. The van der Waals surface area contributed by atoms with Crippen LogP contribution in [0.1, 0.15) is 51.8 Å². The molecule has 2 heterocycles. The minimum Gasteiger partial charge on any atom is -0.389 e. The number of nitrogens with one attached hydrogen (secondary N) is 2. The number of aliphatic hydroxyl groups is 1. The second-order valence-corrected chi connectivity index (χ2v) is 9.93. The van der Waals surface area contributed by atoms with E-state index in [-0.39, 0.29) is 30.3 Å². The molecular formula is C23H32N4O3S. The van der Waals surface area contributed by atoms with Crippen molar-refractivity contribution in [2.45, 2.75) is 57.6 Å². The predicted molar refractivity (Wildman–Crippen MR) is 123 cm³/mol. The average Bonchev–Trinajstić information content (AvgIpc) is 3.19. The van der Waals surface area contributed by atoms with E-state index in [0.29, 0.717) is 24.5 Å². The third-order valence-corrected chi connectivity index (χ3v) is 6.44. The molecule has 0 aliphatic carbocycles. The SMILES string of the molecule is CCC(=O)N[C@@]1(c2ccccc2)CCN(CC(=O)Nc2nc(C(C)(C)C)cs2)C[C@H]1O. The van der Waals surface area contributed by atoms with Crippen LogP contribution in [0.2, 0.25) is 0 Å². The van der Waals surface area contributed by atoms with Crippen molar-refractivity contribution in [2.24, 2.45) is 0 Å². The lowest BCUT2D eigenvalue weighted by Crippen LogP contribution is -2.62. The number of carbonyl (C=O) groups is 2. The molecule has 0 unspecified atom stereocenters. The molecule has 3 N–H and O–H groups in total. The Hall–Kier alpha value is -2.29. The van der Waals surface area contributed by atoms with Gasteiger partial charge in [-0.15, -0.1) is 11.3 Å². The third kappa shape index (κ3) is 5.50. The number of nitrogens with zero attached hydrogens (tertiary/aromatic N) is 2. The van der Waals surface area contributed by atoms with Crippen LogP contribution in [-0.4, -0.2) is 52.5 Å². The quantitative estimate of drug-likeness (QED) is 0.637. The molecule has 1 aromatic carbocycles. The maximum Gasteiger partial charge on any atom is 0.240 e. The number of amides is 2. The zero-order valence-corrected chi connectivity index (χ0v) is 19.5. The van der Waals surface area contributed by atoms with Gasteiger partial charge in [0.1, 0.15) is 0 Å². The fraction of sp³-hybridized carbons (Fsp3) is 0.522. The van der Waals surface area contributed by atoms with Crippen LogP contribution in [0, 0.1) is 0 Å². The summed E-state index contributed by atoms with van der Waals surface area (Å²) in [7, 11) is 0. The minimum atomic E-state index is -0.849. The van der Waals surface area contributed by atoms with Crippen LogP contribution in [0.25, 0.3) is 0 Å². The zero-order valence-electron chi connectivity index (χ0n) is 18.6. The number of anilines is 1. The van der Waals surface area contributed by atoms with Gasteiger partial charge in [-0.25, -0.2) is 4.98 Å². The Balaban J connectivity index is 1.66. The van der Waals surface area contributed by atoms with Crippen LogP contribution in [0.15, 0.2) is 35.7 Å². The van der Waals surface area contributed by atoms with Gasteiger partial charge in [0, 0.05) is 30.3 Å². The highest BCUT2D eigenvalue weighted by Gasteiger charge is 2.44. The van der Waals surface area contributed by atoms with E-state index in [1.807, 2.05) is 40.6 Å². The molecule has 0 radical (unpaired) electrons. The molecule has 2 aromatic rings. The monoisotopic (exact) mass is 444 g/mol. The Morgan fingerprint density at radius 3 is 2.55 bits per heavy atom. The molecule has 0 saturated carbocycles. The molecule has 1 aromatic heterocycles. The number of hydrogen-bond acceptors (Lipinski definition) is 6. The Morgan fingerprint density at radius 1 is 1.26 bits per heavy atom.